The highest BCUT2D eigenvalue weighted by Gasteiger charge is 2.62. The average Bonchev–Trinajstić information content (AvgIpc) is 3.64. The Morgan fingerprint density at radius 2 is 1.45 bits per heavy atom. The van der Waals surface area contributed by atoms with E-state index >= 15 is 0 Å². The van der Waals surface area contributed by atoms with Crippen LogP contribution in [0.1, 0.15) is 66.2 Å². The molecule has 0 spiro atoms. The number of rotatable bonds is 6. The fourth-order valence-electron chi connectivity index (χ4n) is 8.75. The van der Waals surface area contributed by atoms with E-state index in [0.29, 0.717) is 24.9 Å². The minimum atomic E-state index is -0.518. The predicted molar refractivity (Wildman–Crippen MR) is 155 cm³/mol. The molecule has 4 aliphatic carbocycles. The molecule has 200 valence electrons. The maximum atomic E-state index is 14.6. The van der Waals surface area contributed by atoms with Crippen molar-refractivity contribution < 1.29 is 9.59 Å². The molecule has 2 amide bonds. The number of hydrogen-bond donors (Lipinski definition) is 1. The summed E-state index contributed by atoms with van der Waals surface area (Å²) in [6, 6.07) is 14.4. The molecule has 4 saturated carbocycles. The van der Waals surface area contributed by atoms with Gasteiger partial charge in [0.15, 0.2) is 0 Å². The van der Waals surface area contributed by atoms with E-state index in [2.05, 4.69) is 70.4 Å². The lowest BCUT2D eigenvalue weighted by Gasteiger charge is -2.40. The van der Waals surface area contributed by atoms with Crippen LogP contribution in [0.3, 0.4) is 0 Å². The van der Waals surface area contributed by atoms with Crippen LogP contribution in [0, 0.1) is 33.5 Å². The molecular weight excluding hydrogens is 468 g/mol. The Kier molecular flexibility index (Phi) is 5.55. The quantitative estimate of drug-likeness (QED) is 0.423. The van der Waals surface area contributed by atoms with Crippen LogP contribution >= 0.6 is 0 Å². The van der Waals surface area contributed by atoms with Gasteiger partial charge in [0.2, 0.25) is 11.8 Å². The number of fused-ring (bicyclic) bond motifs is 5. The molecule has 4 aliphatic rings. The normalized spacial score (nSPS) is 32.2. The number of carbonyl (C=O) groups excluding carboxylic acids is 2. The maximum Gasteiger partial charge on any atom is 0.237 e. The van der Waals surface area contributed by atoms with Crippen LogP contribution in [-0.4, -0.2) is 24.9 Å². The van der Waals surface area contributed by atoms with E-state index in [0.717, 1.165) is 66.1 Å². The molecule has 0 aliphatic heterocycles. The second-order valence-electron chi connectivity index (χ2n) is 13.7. The van der Waals surface area contributed by atoms with Gasteiger partial charge >= 0.3 is 0 Å². The van der Waals surface area contributed by atoms with Gasteiger partial charge in [-0.1, -0.05) is 88.4 Å². The first kappa shape index (κ1) is 25.4. The molecule has 2 aromatic rings. The lowest BCUT2D eigenvalue weighted by atomic mass is 9.68. The number of anilines is 1. The van der Waals surface area contributed by atoms with Gasteiger partial charge in [0, 0.05) is 18.5 Å². The second kappa shape index (κ2) is 8.31. The first-order chi connectivity index (χ1) is 17.9. The van der Waals surface area contributed by atoms with Crippen molar-refractivity contribution in [3.63, 3.8) is 0 Å². The highest BCUT2D eigenvalue weighted by molar-refractivity contribution is 6.07. The number of amides is 2. The summed E-state index contributed by atoms with van der Waals surface area (Å²) in [7, 11) is 0. The molecule has 4 atom stereocenters. The van der Waals surface area contributed by atoms with Crippen LogP contribution in [0.5, 0.6) is 0 Å². The number of benzene rings is 2. The number of nitrogens with one attached hydrogen (secondary N) is 1. The summed E-state index contributed by atoms with van der Waals surface area (Å²) in [4.78, 5) is 30.2. The Morgan fingerprint density at radius 1 is 0.868 bits per heavy atom. The van der Waals surface area contributed by atoms with E-state index in [4.69, 9.17) is 0 Å². The Hall–Kier alpha value is -2.88. The van der Waals surface area contributed by atoms with Gasteiger partial charge in [0.05, 0.1) is 16.5 Å². The summed E-state index contributed by atoms with van der Waals surface area (Å²) in [6.07, 6.45) is 5.69. The summed E-state index contributed by atoms with van der Waals surface area (Å²) in [5, 5.41) is 5.43. The van der Waals surface area contributed by atoms with Gasteiger partial charge in [-0.2, -0.15) is 0 Å². The van der Waals surface area contributed by atoms with E-state index in [-0.39, 0.29) is 22.6 Å². The molecule has 1 N–H and O–H groups in total. The van der Waals surface area contributed by atoms with Gasteiger partial charge in [0.1, 0.15) is 0 Å². The van der Waals surface area contributed by atoms with Crippen molar-refractivity contribution in [1.29, 1.82) is 0 Å². The predicted octanol–water partition coefficient (Wildman–Crippen LogP) is 7.05. The smallest absolute Gasteiger partial charge is 0.237 e. The number of carbonyl (C=O) groups is 2. The summed E-state index contributed by atoms with van der Waals surface area (Å²) in [5.41, 5.74) is 2.10. The van der Waals surface area contributed by atoms with Crippen LogP contribution in [-0.2, 0) is 9.59 Å². The molecule has 4 unspecified atom stereocenters. The first-order valence-corrected chi connectivity index (χ1v) is 14.4. The summed E-state index contributed by atoms with van der Waals surface area (Å²) in [5.74, 6) is 1.26. The molecule has 38 heavy (non-hydrogen) atoms. The number of nitrogens with zero attached hydrogens (tertiary/aromatic N) is 1. The highest BCUT2D eigenvalue weighted by atomic mass is 16.2. The van der Waals surface area contributed by atoms with Crippen molar-refractivity contribution in [2.24, 2.45) is 33.5 Å². The molecular formula is C34H42N2O2. The zero-order chi connectivity index (χ0) is 27.1. The molecule has 2 aromatic carbocycles. The minimum absolute atomic E-state index is 0.00829. The Labute approximate surface area is 227 Å². The van der Waals surface area contributed by atoms with Crippen LogP contribution in [0.2, 0.25) is 0 Å². The molecule has 4 bridgehead atoms. The lowest BCUT2D eigenvalue weighted by Crippen LogP contribution is -2.49. The van der Waals surface area contributed by atoms with Crippen molar-refractivity contribution >= 4 is 28.3 Å². The Bertz CT molecular complexity index is 1360. The molecule has 4 fully saturated rings. The fourth-order valence-corrected chi connectivity index (χ4v) is 8.75. The van der Waals surface area contributed by atoms with Crippen molar-refractivity contribution in [2.45, 2.75) is 66.2 Å². The van der Waals surface area contributed by atoms with Crippen molar-refractivity contribution in [3.05, 3.63) is 66.8 Å². The summed E-state index contributed by atoms with van der Waals surface area (Å²) < 4.78 is 0. The van der Waals surface area contributed by atoms with Gasteiger partial charge in [-0.15, -0.1) is 0 Å². The summed E-state index contributed by atoms with van der Waals surface area (Å²) >= 11 is 0. The van der Waals surface area contributed by atoms with E-state index in [1.165, 1.54) is 0 Å². The first-order valence-electron chi connectivity index (χ1n) is 14.4. The monoisotopic (exact) mass is 510 g/mol. The third-order valence-corrected chi connectivity index (χ3v) is 11.5. The molecule has 6 rings (SSSR count). The van der Waals surface area contributed by atoms with Crippen molar-refractivity contribution in [2.75, 3.05) is 18.0 Å². The van der Waals surface area contributed by atoms with Crippen LogP contribution < -0.4 is 10.2 Å². The SMILES string of the molecule is C=C1C2(C(=O)NCCN(C(=O)C34CCC(C3)C(C)(C)C4=C)c3cccc4ccccc34)CCC(C2)C1(C)C. The molecule has 0 aromatic heterocycles. The zero-order valence-electron chi connectivity index (χ0n) is 23.5. The third kappa shape index (κ3) is 3.28. The van der Waals surface area contributed by atoms with E-state index in [9.17, 15) is 9.59 Å². The van der Waals surface area contributed by atoms with Gasteiger partial charge in [-0.25, -0.2) is 0 Å². The lowest BCUT2D eigenvalue weighted by molar-refractivity contribution is -0.129. The van der Waals surface area contributed by atoms with Gasteiger partial charge in [-0.05, 0) is 72.6 Å². The topological polar surface area (TPSA) is 49.4 Å². The van der Waals surface area contributed by atoms with Crippen LogP contribution in [0.4, 0.5) is 5.69 Å². The third-order valence-electron chi connectivity index (χ3n) is 11.5. The molecule has 0 saturated heterocycles. The summed E-state index contributed by atoms with van der Waals surface area (Å²) in [6.45, 7) is 18.7. The van der Waals surface area contributed by atoms with E-state index in [1.807, 2.05) is 23.1 Å². The zero-order valence-corrected chi connectivity index (χ0v) is 23.5. The molecule has 0 radical (unpaired) electrons. The maximum absolute atomic E-state index is 14.6. The fraction of sp³-hybridized carbons (Fsp3) is 0.529. The van der Waals surface area contributed by atoms with Crippen molar-refractivity contribution in [3.8, 4) is 0 Å². The number of hydrogen-bond acceptors (Lipinski definition) is 2. The van der Waals surface area contributed by atoms with Gasteiger partial charge in [-0.3, -0.25) is 9.59 Å². The van der Waals surface area contributed by atoms with E-state index < -0.39 is 10.8 Å². The average molecular weight is 511 g/mol. The minimum Gasteiger partial charge on any atom is -0.354 e. The Morgan fingerprint density at radius 3 is 2.08 bits per heavy atom. The van der Waals surface area contributed by atoms with Gasteiger partial charge in [0.25, 0.3) is 0 Å². The van der Waals surface area contributed by atoms with Crippen LogP contribution in [0.25, 0.3) is 10.8 Å². The van der Waals surface area contributed by atoms with Gasteiger partial charge < -0.3 is 10.2 Å². The Balaban J connectivity index is 1.30. The molecule has 4 nitrogen and oxygen atoms in total. The van der Waals surface area contributed by atoms with Crippen LogP contribution in [0.15, 0.2) is 66.8 Å². The largest absolute Gasteiger partial charge is 0.354 e. The molecule has 4 heteroatoms. The van der Waals surface area contributed by atoms with Crippen molar-refractivity contribution in [1.82, 2.24) is 5.32 Å². The molecule has 0 heterocycles. The van der Waals surface area contributed by atoms with E-state index in [1.54, 1.807) is 0 Å². The standard InChI is InChI=1S/C34H42N2O2/c1-22-31(3,4)25-14-16-33(22,20-25)29(37)35-18-19-36(28-13-9-11-24-10-7-8-12-27(24)28)30(38)34-17-15-26(21-34)32(5,6)23(34)2/h7-13,25-26H,1-2,14-21H2,3-6H3,(H,35,37). The second-order valence-corrected chi connectivity index (χ2v) is 13.7. The highest BCUT2D eigenvalue weighted by Crippen LogP contribution is 2.67.